The van der Waals surface area contributed by atoms with E-state index >= 15 is 0 Å². The average molecular weight is 220 g/mol. The van der Waals surface area contributed by atoms with Gasteiger partial charge in [-0.2, -0.15) is 13.2 Å². The van der Waals surface area contributed by atoms with Gasteiger partial charge in [0.2, 0.25) is 0 Å². The summed E-state index contributed by atoms with van der Waals surface area (Å²) in [6, 6.07) is 4.95. The highest BCUT2D eigenvalue weighted by Gasteiger charge is 2.39. The summed E-state index contributed by atoms with van der Waals surface area (Å²) in [7, 11) is 1.03. The lowest BCUT2D eigenvalue weighted by Crippen LogP contribution is -2.37. The predicted octanol–water partition coefficient (Wildman–Crippen LogP) is 2.07. The van der Waals surface area contributed by atoms with Crippen molar-refractivity contribution in [2.45, 2.75) is 12.3 Å². The number of nitrogens with zero attached hydrogens (tertiary/aromatic N) is 1. The van der Waals surface area contributed by atoms with Gasteiger partial charge in [0.25, 0.3) is 0 Å². The summed E-state index contributed by atoms with van der Waals surface area (Å²) < 4.78 is 41.0. The van der Waals surface area contributed by atoms with E-state index in [9.17, 15) is 13.2 Å². The second-order valence-electron chi connectivity index (χ2n) is 2.86. The molecule has 15 heavy (non-hydrogen) atoms. The summed E-state index contributed by atoms with van der Waals surface area (Å²) >= 11 is 0. The molecule has 1 N–H and O–H groups in total. The minimum absolute atomic E-state index is 0.350. The molecule has 1 heterocycles. The number of nitrogens with one attached hydrogen (secondary N) is 1. The molecule has 0 aliphatic rings. The second-order valence-corrected chi connectivity index (χ2v) is 2.86. The lowest BCUT2D eigenvalue weighted by atomic mass is 10.3. The van der Waals surface area contributed by atoms with Crippen LogP contribution in [0.5, 0.6) is 0 Å². The van der Waals surface area contributed by atoms with Crippen LogP contribution in [0.1, 0.15) is 0 Å². The van der Waals surface area contributed by atoms with Gasteiger partial charge in [-0.25, -0.2) is 4.98 Å². The fourth-order valence-corrected chi connectivity index (χ4v) is 0.997. The standard InChI is InChI=1S/C9H11F3N2O/c1-15-7(9(10,11)12)6-14-8-4-2-3-5-13-8/h2-5,7H,6H2,1H3,(H,13,14)/t7-/m0/s1. The Balaban J connectivity index is 2.49. The van der Waals surface area contributed by atoms with Gasteiger partial charge in [0.1, 0.15) is 5.82 Å². The molecule has 0 fully saturated rings. The fraction of sp³-hybridized carbons (Fsp3) is 0.444. The third-order valence-electron chi connectivity index (χ3n) is 1.78. The molecule has 0 saturated carbocycles. The third kappa shape index (κ3) is 3.75. The SMILES string of the molecule is CO[C@@H](CNc1ccccn1)C(F)(F)F. The van der Waals surface area contributed by atoms with Crippen LogP contribution in [-0.2, 0) is 4.74 Å². The van der Waals surface area contributed by atoms with E-state index in [1.165, 1.54) is 6.20 Å². The van der Waals surface area contributed by atoms with E-state index in [4.69, 9.17) is 0 Å². The van der Waals surface area contributed by atoms with Crippen LogP contribution in [0, 0.1) is 0 Å². The van der Waals surface area contributed by atoms with Gasteiger partial charge in [0.15, 0.2) is 6.10 Å². The van der Waals surface area contributed by atoms with Crippen LogP contribution < -0.4 is 5.32 Å². The molecule has 6 heteroatoms. The van der Waals surface area contributed by atoms with E-state index in [0.29, 0.717) is 5.82 Å². The fourth-order valence-electron chi connectivity index (χ4n) is 0.997. The van der Waals surface area contributed by atoms with Gasteiger partial charge in [0, 0.05) is 13.3 Å². The quantitative estimate of drug-likeness (QED) is 0.843. The Labute approximate surface area is 85.3 Å². The van der Waals surface area contributed by atoms with E-state index in [-0.39, 0.29) is 6.54 Å². The highest BCUT2D eigenvalue weighted by atomic mass is 19.4. The van der Waals surface area contributed by atoms with Crippen molar-refractivity contribution >= 4 is 5.82 Å². The largest absolute Gasteiger partial charge is 0.416 e. The first-order valence-corrected chi connectivity index (χ1v) is 4.28. The van der Waals surface area contributed by atoms with Gasteiger partial charge in [-0.1, -0.05) is 6.07 Å². The Bertz CT molecular complexity index is 289. The topological polar surface area (TPSA) is 34.1 Å². The molecule has 0 spiro atoms. The van der Waals surface area contributed by atoms with Crippen molar-refractivity contribution in [3.63, 3.8) is 0 Å². The maximum absolute atomic E-state index is 12.2. The zero-order chi connectivity index (χ0) is 11.3. The molecule has 0 aromatic carbocycles. The highest BCUT2D eigenvalue weighted by Crippen LogP contribution is 2.22. The number of rotatable bonds is 4. The van der Waals surface area contributed by atoms with Gasteiger partial charge in [-0.3, -0.25) is 0 Å². The maximum Gasteiger partial charge on any atom is 0.416 e. The first-order chi connectivity index (χ1) is 7.04. The van der Waals surface area contributed by atoms with Crippen LogP contribution in [0.15, 0.2) is 24.4 Å². The first-order valence-electron chi connectivity index (χ1n) is 4.28. The number of hydrogen-bond acceptors (Lipinski definition) is 3. The first kappa shape index (κ1) is 11.8. The number of hydrogen-bond donors (Lipinski definition) is 1. The smallest absolute Gasteiger partial charge is 0.370 e. The van der Waals surface area contributed by atoms with Gasteiger partial charge < -0.3 is 10.1 Å². The van der Waals surface area contributed by atoms with Crippen LogP contribution in [0.25, 0.3) is 0 Å². The summed E-state index contributed by atoms with van der Waals surface area (Å²) in [5.41, 5.74) is 0. The minimum Gasteiger partial charge on any atom is -0.370 e. The molecule has 0 saturated heterocycles. The van der Waals surface area contributed by atoms with Crippen molar-refractivity contribution in [2.75, 3.05) is 19.0 Å². The normalized spacial score (nSPS) is 13.6. The number of pyridine rings is 1. The van der Waals surface area contributed by atoms with E-state index in [2.05, 4.69) is 15.0 Å². The second kappa shape index (κ2) is 4.97. The molecule has 1 aromatic rings. The number of ether oxygens (including phenoxy) is 1. The summed E-state index contributed by atoms with van der Waals surface area (Å²) in [5, 5.41) is 2.55. The van der Waals surface area contributed by atoms with Crippen molar-refractivity contribution in [2.24, 2.45) is 0 Å². The van der Waals surface area contributed by atoms with Gasteiger partial charge in [-0.15, -0.1) is 0 Å². The summed E-state index contributed by atoms with van der Waals surface area (Å²) in [6.45, 7) is -0.350. The third-order valence-corrected chi connectivity index (χ3v) is 1.78. The maximum atomic E-state index is 12.2. The van der Waals surface area contributed by atoms with Crippen molar-refractivity contribution in [3.8, 4) is 0 Å². The van der Waals surface area contributed by atoms with Gasteiger partial charge in [-0.05, 0) is 12.1 Å². The number of anilines is 1. The molecule has 0 aliphatic heterocycles. The number of halogens is 3. The minimum atomic E-state index is -4.36. The van der Waals surface area contributed by atoms with Crippen LogP contribution >= 0.6 is 0 Å². The molecule has 1 aromatic heterocycles. The van der Waals surface area contributed by atoms with Crippen LogP contribution in [-0.4, -0.2) is 30.9 Å². The van der Waals surface area contributed by atoms with Crippen LogP contribution in [0.4, 0.5) is 19.0 Å². The lowest BCUT2D eigenvalue weighted by Gasteiger charge is -2.19. The molecule has 0 aliphatic carbocycles. The molecule has 0 amide bonds. The molecule has 0 radical (unpaired) electrons. The number of aromatic nitrogens is 1. The van der Waals surface area contributed by atoms with Crippen molar-refractivity contribution < 1.29 is 17.9 Å². The molecular formula is C9H11F3N2O. The molecule has 0 unspecified atom stereocenters. The van der Waals surface area contributed by atoms with Gasteiger partial charge >= 0.3 is 6.18 Å². The monoisotopic (exact) mass is 220 g/mol. The molecular weight excluding hydrogens is 209 g/mol. The Hall–Kier alpha value is -1.30. The summed E-state index contributed by atoms with van der Waals surface area (Å²) in [6.07, 6.45) is -4.69. The zero-order valence-corrected chi connectivity index (χ0v) is 8.08. The Morgan fingerprint density at radius 2 is 2.20 bits per heavy atom. The van der Waals surface area contributed by atoms with Gasteiger partial charge in [0.05, 0.1) is 6.54 Å². The lowest BCUT2D eigenvalue weighted by molar-refractivity contribution is -0.207. The van der Waals surface area contributed by atoms with E-state index in [1.54, 1.807) is 18.2 Å². The summed E-state index contributed by atoms with van der Waals surface area (Å²) in [5.74, 6) is 0.392. The Morgan fingerprint density at radius 3 is 2.67 bits per heavy atom. The molecule has 0 bridgehead atoms. The Kier molecular flexibility index (Phi) is 3.90. The van der Waals surface area contributed by atoms with Crippen molar-refractivity contribution in [1.29, 1.82) is 0 Å². The van der Waals surface area contributed by atoms with E-state index in [0.717, 1.165) is 7.11 Å². The zero-order valence-electron chi connectivity index (χ0n) is 8.08. The molecule has 84 valence electrons. The van der Waals surface area contributed by atoms with E-state index in [1.807, 2.05) is 0 Å². The average Bonchev–Trinajstić information content (AvgIpc) is 2.18. The van der Waals surface area contributed by atoms with Crippen LogP contribution in [0.3, 0.4) is 0 Å². The molecule has 1 rings (SSSR count). The predicted molar refractivity (Wildman–Crippen MR) is 49.6 cm³/mol. The van der Waals surface area contributed by atoms with Crippen LogP contribution in [0.2, 0.25) is 0 Å². The Morgan fingerprint density at radius 1 is 1.47 bits per heavy atom. The van der Waals surface area contributed by atoms with Crippen molar-refractivity contribution in [1.82, 2.24) is 4.98 Å². The number of alkyl halides is 3. The highest BCUT2D eigenvalue weighted by molar-refractivity contribution is 5.33. The van der Waals surface area contributed by atoms with Crippen molar-refractivity contribution in [3.05, 3.63) is 24.4 Å². The summed E-state index contributed by atoms with van der Waals surface area (Å²) in [4.78, 5) is 3.83. The number of methoxy groups -OCH3 is 1. The molecule has 1 atom stereocenters. The molecule has 3 nitrogen and oxygen atoms in total. The van der Waals surface area contributed by atoms with E-state index < -0.39 is 12.3 Å².